The molecule has 1 amide bonds. The van der Waals surface area contributed by atoms with Crippen LogP contribution in [0.1, 0.15) is 36.2 Å². The van der Waals surface area contributed by atoms with Gasteiger partial charge in [-0.3, -0.25) is 4.79 Å². The van der Waals surface area contributed by atoms with E-state index in [4.69, 9.17) is 5.14 Å². The Morgan fingerprint density at radius 3 is 2.48 bits per heavy atom. The Kier molecular flexibility index (Phi) is 5.95. The van der Waals surface area contributed by atoms with Crippen LogP contribution in [0.15, 0.2) is 21.5 Å². The molecule has 7 heteroatoms. The Bertz CT molecular complexity index is 644. The number of hydrogen-bond acceptors (Lipinski definition) is 3. The standard InChI is InChI=1S/C14H21BrN2O3S/c1-5-9(2)8-17(4)14(18)12-6-11(21(16,19)20)7-13(15)10(12)3/h6-7,9H,5,8H2,1-4H3,(H2,16,19,20). The highest BCUT2D eigenvalue weighted by Crippen LogP contribution is 2.25. The maximum Gasteiger partial charge on any atom is 0.253 e. The van der Waals surface area contributed by atoms with Gasteiger partial charge in [-0.15, -0.1) is 0 Å². The topological polar surface area (TPSA) is 80.5 Å². The minimum absolute atomic E-state index is 0.0692. The van der Waals surface area contributed by atoms with Crippen molar-refractivity contribution in [2.24, 2.45) is 11.1 Å². The van der Waals surface area contributed by atoms with Crippen molar-refractivity contribution in [2.75, 3.05) is 13.6 Å². The number of sulfonamides is 1. The van der Waals surface area contributed by atoms with E-state index < -0.39 is 10.0 Å². The van der Waals surface area contributed by atoms with Crippen LogP contribution in [0.4, 0.5) is 0 Å². The Labute approximate surface area is 134 Å². The second kappa shape index (κ2) is 6.89. The SMILES string of the molecule is CCC(C)CN(C)C(=O)c1cc(S(N)(=O)=O)cc(Br)c1C. The van der Waals surface area contributed by atoms with Crippen molar-refractivity contribution in [2.45, 2.75) is 32.1 Å². The smallest absolute Gasteiger partial charge is 0.253 e. The van der Waals surface area contributed by atoms with E-state index in [0.717, 1.165) is 6.42 Å². The lowest BCUT2D eigenvalue weighted by molar-refractivity contribution is 0.0774. The third kappa shape index (κ3) is 4.52. The van der Waals surface area contributed by atoms with E-state index in [1.807, 2.05) is 0 Å². The molecule has 1 aromatic carbocycles. The molecule has 0 aliphatic carbocycles. The molecule has 1 aromatic rings. The van der Waals surface area contributed by atoms with Crippen molar-refractivity contribution >= 4 is 31.9 Å². The van der Waals surface area contributed by atoms with Crippen LogP contribution < -0.4 is 5.14 Å². The summed E-state index contributed by atoms with van der Waals surface area (Å²) in [4.78, 5) is 14.1. The Morgan fingerprint density at radius 1 is 1.43 bits per heavy atom. The summed E-state index contributed by atoms with van der Waals surface area (Å²) in [5, 5.41) is 5.15. The Morgan fingerprint density at radius 2 is 2.00 bits per heavy atom. The normalized spacial score (nSPS) is 13.0. The van der Waals surface area contributed by atoms with Gasteiger partial charge in [0, 0.05) is 23.6 Å². The molecule has 0 heterocycles. The molecule has 0 aliphatic rings. The number of rotatable bonds is 5. The minimum atomic E-state index is -3.85. The molecule has 0 saturated carbocycles. The zero-order valence-electron chi connectivity index (χ0n) is 12.7. The highest BCUT2D eigenvalue weighted by atomic mass is 79.9. The Balaban J connectivity index is 3.23. The molecule has 5 nitrogen and oxygen atoms in total. The van der Waals surface area contributed by atoms with Gasteiger partial charge in [-0.1, -0.05) is 36.2 Å². The molecular weight excluding hydrogens is 356 g/mol. The number of nitrogens with zero attached hydrogens (tertiary/aromatic N) is 1. The Hall–Kier alpha value is -0.920. The van der Waals surface area contributed by atoms with Gasteiger partial charge < -0.3 is 4.90 Å². The van der Waals surface area contributed by atoms with Gasteiger partial charge in [0.15, 0.2) is 0 Å². The second-order valence-electron chi connectivity index (χ2n) is 5.32. The van der Waals surface area contributed by atoms with Gasteiger partial charge in [-0.05, 0) is 30.5 Å². The lowest BCUT2D eigenvalue weighted by Crippen LogP contribution is -2.31. The van der Waals surface area contributed by atoms with E-state index in [1.165, 1.54) is 12.1 Å². The van der Waals surface area contributed by atoms with E-state index in [1.54, 1.807) is 18.9 Å². The van der Waals surface area contributed by atoms with E-state index in [9.17, 15) is 13.2 Å². The number of amides is 1. The van der Waals surface area contributed by atoms with E-state index in [0.29, 0.717) is 28.1 Å². The van der Waals surface area contributed by atoms with Crippen molar-refractivity contribution in [1.82, 2.24) is 4.90 Å². The molecule has 0 aromatic heterocycles. The van der Waals surface area contributed by atoms with E-state index >= 15 is 0 Å². The summed E-state index contributed by atoms with van der Waals surface area (Å²) >= 11 is 3.28. The minimum Gasteiger partial charge on any atom is -0.341 e. The predicted molar refractivity (Wildman–Crippen MR) is 86.7 cm³/mol. The van der Waals surface area contributed by atoms with Crippen LogP contribution in [0.2, 0.25) is 0 Å². The van der Waals surface area contributed by atoms with Crippen LogP contribution >= 0.6 is 15.9 Å². The molecule has 118 valence electrons. The molecule has 0 spiro atoms. The van der Waals surface area contributed by atoms with Crippen molar-refractivity contribution < 1.29 is 13.2 Å². The monoisotopic (exact) mass is 376 g/mol. The molecule has 1 rings (SSSR count). The van der Waals surface area contributed by atoms with Crippen LogP contribution in [0.25, 0.3) is 0 Å². The average Bonchev–Trinajstić information content (AvgIpc) is 2.39. The summed E-state index contributed by atoms with van der Waals surface area (Å²) in [7, 11) is -2.14. The highest BCUT2D eigenvalue weighted by molar-refractivity contribution is 9.10. The van der Waals surface area contributed by atoms with Gasteiger partial charge in [0.05, 0.1) is 4.90 Å². The first-order valence-corrected chi connectivity index (χ1v) is 9.00. The van der Waals surface area contributed by atoms with Crippen LogP contribution in [0.5, 0.6) is 0 Å². The van der Waals surface area contributed by atoms with Crippen molar-refractivity contribution in [3.8, 4) is 0 Å². The number of benzene rings is 1. The summed E-state index contributed by atoms with van der Waals surface area (Å²) in [5.74, 6) is 0.170. The third-order valence-corrected chi connectivity index (χ3v) is 5.22. The fourth-order valence-electron chi connectivity index (χ4n) is 1.93. The van der Waals surface area contributed by atoms with Gasteiger partial charge >= 0.3 is 0 Å². The summed E-state index contributed by atoms with van der Waals surface area (Å²) in [6.07, 6.45) is 0.970. The molecule has 2 N–H and O–H groups in total. The fourth-order valence-corrected chi connectivity index (χ4v) is 3.10. The molecule has 0 radical (unpaired) electrons. The van der Waals surface area contributed by atoms with E-state index in [2.05, 4.69) is 29.8 Å². The zero-order chi connectivity index (χ0) is 16.4. The quantitative estimate of drug-likeness (QED) is 0.856. The van der Waals surface area contributed by atoms with Crippen LogP contribution in [-0.2, 0) is 10.0 Å². The highest BCUT2D eigenvalue weighted by Gasteiger charge is 2.20. The second-order valence-corrected chi connectivity index (χ2v) is 7.74. The van der Waals surface area contributed by atoms with Crippen molar-refractivity contribution in [1.29, 1.82) is 0 Å². The zero-order valence-corrected chi connectivity index (χ0v) is 15.1. The van der Waals surface area contributed by atoms with Crippen molar-refractivity contribution in [3.05, 3.63) is 27.7 Å². The number of primary sulfonamides is 1. The lowest BCUT2D eigenvalue weighted by Gasteiger charge is -2.22. The lowest BCUT2D eigenvalue weighted by atomic mass is 10.1. The molecule has 0 fully saturated rings. The molecule has 0 saturated heterocycles. The summed E-state index contributed by atoms with van der Waals surface area (Å²) in [6, 6.07) is 2.75. The van der Waals surface area contributed by atoms with Gasteiger partial charge in [0.2, 0.25) is 10.0 Å². The summed E-state index contributed by atoms with van der Waals surface area (Å²) < 4.78 is 23.5. The number of halogens is 1. The number of carbonyl (C=O) groups excluding carboxylic acids is 1. The molecule has 0 bridgehead atoms. The predicted octanol–water partition coefficient (Wildman–Crippen LogP) is 2.52. The first kappa shape index (κ1) is 18.1. The maximum atomic E-state index is 12.5. The first-order valence-electron chi connectivity index (χ1n) is 6.66. The van der Waals surface area contributed by atoms with Gasteiger partial charge in [0.25, 0.3) is 5.91 Å². The van der Waals surface area contributed by atoms with Gasteiger partial charge in [0.1, 0.15) is 0 Å². The third-order valence-electron chi connectivity index (χ3n) is 3.51. The molecule has 1 unspecified atom stereocenters. The summed E-state index contributed by atoms with van der Waals surface area (Å²) in [5.41, 5.74) is 1.04. The number of carbonyl (C=O) groups is 1. The number of nitrogens with two attached hydrogens (primary N) is 1. The van der Waals surface area contributed by atoms with Gasteiger partial charge in [-0.25, -0.2) is 13.6 Å². The summed E-state index contributed by atoms with van der Waals surface area (Å²) in [6.45, 7) is 6.51. The van der Waals surface area contributed by atoms with Crippen LogP contribution in [0, 0.1) is 12.8 Å². The molecule has 0 aliphatic heterocycles. The maximum absolute atomic E-state index is 12.5. The average molecular weight is 377 g/mol. The van der Waals surface area contributed by atoms with Crippen LogP contribution in [-0.4, -0.2) is 32.8 Å². The van der Waals surface area contributed by atoms with E-state index in [-0.39, 0.29) is 10.8 Å². The van der Waals surface area contributed by atoms with Gasteiger partial charge in [-0.2, -0.15) is 0 Å². The van der Waals surface area contributed by atoms with Crippen LogP contribution in [0.3, 0.4) is 0 Å². The number of hydrogen-bond donors (Lipinski definition) is 1. The molecule has 21 heavy (non-hydrogen) atoms. The fraction of sp³-hybridized carbons (Fsp3) is 0.500. The van der Waals surface area contributed by atoms with Crippen molar-refractivity contribution in [3.63, 3.8) is 0 Å². The molecule has 1 atom stereocenters. The first-order chi connectivity index (χ1) is 9.57. The molecular formula is C14H21BrN2O3S. The largest absolute Gasteiger partial charge is 0.341 e.